The summed E-state index contributed by atoms with van der Waals surface area (Å²) in [5, 5.41) is 0.232. The van der Waals surface area contributed by atoms with Crippen molar-refractivity contribution in [3.8, 4) is 0 Å². The highest BCUT2D eigenvalue weighted by atomic mass is 35.5. The van der Waals surface area contributed by atoms with Crippen LogP contribution in [0.5, 0.6) is 0 Å². The summed E-state index contributed by atoms with van der Waals surface area (Å²) < 4.78 is 36.1. The number of nitrogens with one attached hydrogen (secondary N) is 1. The minimum absolute atomic E-state index is 0.0486. The Hall–Kier alpha value is -0.590. The summed E-state index contributed by atoms with van der Waals surface area (Å²) in [4.78, 5) is -0.0486. The van der Waals surface area contributed by atoms with Crippen molar-refractivity contribution in [2.75, 3.05) is 5.43 Å². The predicted molar refractivity (Wildman–Crippen MR) is 51.2 cm³/mol. The summed E-state index contributed by atoms with van der Waals surface area (Å²) in [7, 11) is 0. The molecule has 0 unspecified atom stereocenters. The molecule has 1 aromatic carbocycles. The van der Waals surface area contributed by atoms with E-state index in [1.54, 1.807) is 0 Å². The van der Waals surface area contributed by atoms with Crippen LogP contribution in [0.1, 0.15) is 0 Å². The van der Waals surface area contributed by atoms with Crippen LogP contribution in [0.4, 0.5) is 18.9 Å². The highest BCUT2D eigenvalue weighted by molar-refractivity contribution is 8.00. The highest BCUT2D eigenvalue weighted by Crippen LogP contribution is 2.41. The minimum atomic E-state index is -4.35. The number of nitrogens with two attached hydrogens (primary N) is 1. The maximum Gasteiger partial charge on any atom is 0.446 e. The maximum atomic E-state index is 12.0. The number of nitrogen functional groups attached to an aromatic ring is 1. The van der Waals surface area contributed by atoms with E-state index in [-0.39, 0.29) is 27.4 Å². The molecule has 0 amide bonds. The Balaban J connectivity index is 2.99. The van der Waals surface area contributed by atoms with E-state index in [1.807, 2.05) is 0 Å². The van der Waals surface area contributed by atoms with E-state index in [4.69, 9.17) is 17.4 Å². The summed E-state index contributed by atoms with van der Waals surface area (Å²) in [5.41, 5.74) is -1.99. The molecule has 3 N–H and O–H groups in total. The van der Waals surface area contributed by atoms with Crippen molar-refractivity contribution in [2.24, 2.45) is 5.84 Å². The van der Waals surface area contributed by atoms with Crippen LogP contribution in [0.2, 0.25) is 5.02 Å². The summed E-state index contributed by atoms with van der Waals surface area (Å²) in [6.45, 7) is 0. The first kappa shape index (κ1) is 11.5. The fourth-order valence-corrected chi connectivity index (χ4v) is 1.73. The third-order valence-corrected chi connectivity index (χ3v) is 2.35. The van der Waals surface area contributed by atoms with E-state index in [2.05, 4.69) is 5.43 Å². The molecule has 0 spiro atoms. The van der Waals surface area contributed by atoms with Gasteiger partial charge in [-0.25, -0.2) is 0 Å². The first-order valence-electron chi connectivity index (χ1n) is 3.44. The molecule has 1 rings (SSSR count). The number of rotatable bonds is 2. The Kier molecular flexibility index (Phi) is 3.52. The highest BCUT2D eigenvalue weighted by Gasteiger charge is 2.30. The van der Waals surface area contributed by atoms with Crippen molar-refractivity contribution < 1.29 is 13.2 Å². The van der Waals surface area contributed by atoms with Gasteiger partial charge >= 0.3 is 5.51 Å². The normalized spacial score (nSPS) is 11.5. The number of hydrogen-bond donors (Lipinski definition) is 2. The number of alkyl halides is 3. The van der Waals surface area contributed by atoms with Crippen LogP contribution in [0.3, 0.4) is 0 Å². The maximum absolute atomic E-state index is 12.0. The van der Waals surface area contributed by atoms with Crippen LogP contribution >= 0.6 is 23.4 Å². The van der Waals surface area contributed by atoms with E-state index in [1.165, 1.54) is 18.2 Å². The molecule has 0 aliphatic rings. The van der Waals surface area contributed by atoms with Gasteiger partial charge in [-0.15, -0.1) is 0 Å². The van der Waals surface area contributed by atoms with Gasteiger partial charge in [0.25, 0.3) is 0 Å². The van der Waals surface area contributed by atoms with Crippen molar-refractivity contribution in [1.82, 2.24) is 0 Å². The van der Waals surface area contributed by atoms with Gasteiger partial charge in [0.1, 0.15) is 0 Å². The zero-order valence-electron chi connectivity index (χ0n) is 6.73. The Morgan fingerprint density at radius 3 is 2.50 bits per heavy atom. The van der Waals surface area contributed by atoms with Gasteiger partial charge in [-0.2, -0.15) is 13.2 Å². The Morgan fingerprint density at radius 2 is 2.00 bits per heavy atom. The first-order chi connectivity index (χ1) is 6.42. The molecule has 2 nitrogen and oxygen atoms in total. The fraction of sp³-hybridized carbons (Fsp3) is 0.143. The molecular formula is C7H6ClF3N2S. The van der Waals surface area contributed by atoms with Gasteiger partial charge in [-0.3, -0.25) is 5.84 Å². The van der Waals surface area contributed by atoms with E-state index in [9.17, 15) is 13.2 Å². The van der Waals surface area contributed by atoms with Crippen LogP contribution in [-0.4, -0.2) is 5.51 Å². The molecule has 0 heterocycles. The lowest BCUT2D eigenvalue weighted by molar-refractivity contribution is -0.0327. The lowest BCUT2D eigenvalue weighted by Gasteiger charge is -2.10. The monoisotopic (exact) mass is 242 g/mol. The second-order valence-electron chi connectivity index (χ2n) is 2.33. The second-order valence-corrected chi connectivity index (χ2v) is 3.88. The van der Waals surface area contributed by atoms with Crippen molar-refractivity contribution in [3.05, 3.63) is 23.2 Å². The molecule has 0 aliphatic carbocycles. The third kappa shape index (κ3) is 3.28. The molecule has 0 fully saturated rings. The van der Waals surface area contributed by atoms with E-state index >= 15 is 0 Å². The zero-order valence-corrected chi connectivity index (χ0v) is 8.30. The SMILES string of the molecule is NNc1ccc(Cl)cc1SC(F)(F)F. The quantitative estimate of drug-likeness (QED) is 0.475. The van der Waals surface area contributed by atoms with Crippen molar-refractivity contribution >= 4 is 29.1 Å². The predicted octanol–water partition coefficient (Wildman–Crippen LogP) is 3.24. The topological polar surface area (TPSA) is 38.0 Å². The molecule has 1 aromatic rings. The molecule has 0 radical (unpaired) electrons. The van der Waals surface area contributed by atoms with E-state index < -0.39 is 5.51 Å². The fourth-order valence-electron chi connectivity index (χ4n) is 0.825. The third-order valence-electron chi connectivity index (χ3n) is 1.32. The van der Waals surface area contributed by atoms with Crippen molar-refractivity contribution in [2.45, 2.75) is 10.4 Å². The van der Waals surface area contributed by atoms with Gasteiger partial charge in [0.05, 0.1) is 5.69 Å². The molecule has 14 heavy (non-hydrogen) atoms. The van der Waals surface area contributed by atoms with Crippen molar-refractivity contribution in [3.63, 3.8) is 0 Å². The molecule has 0 saturated carbocycles. The molecular weight excluding hydrogens is 237 g/mol. The standard InChI is InChI=1S/C7H6ClF3N2S/c8-4-1-2-5(13-12)6(3-4)14-7(9,10)11/h1-3,13H,12H2. The number of anilines is 1. The number of thioether (sulfide) groups is 1. The molecule has 7 heteroatoms. The average molecular weight is 243 g/mol. The molecule has 0 bridgehead atoms. The lowest BCUT2D eigenvalue weighted by Crippen LogP contribution is -2.09. The molecule has 0 atom stereocenters. The Labute approximate surface area is 87.6 Å². The first-order valence-corrected chi connectivity index (χ1v) is 4.64. The number of hydrazine groups is 1. The van der Waals surface area contributed by atoms with E-state index in [0.717, 1.165) is 0 Å². The largest absolute Gasteiger partial charge is 0.446 e. The zero-order chi connectivity index (χ0) is 10.8. The summed E-state index contributed by atoms with van der Waals surface area (Å²) >= 11 is 5.29. The second kappa shape index (κ2) is 4.29. The van der Waals surface area contributed by atoms with Gasteiger partial charge in [0.15, 0.2) is 0 Å². The van der Waals surface area contributed by atoms with Crippen LogP contribution < -0.4 is 11.3 Å². The van der Waals surface area contributed by atoms with E-state index in [0.29, 0.717) is 0 Å². The molecule has 0 aliphatic heterocycles. The minimum Gasteiger partial charge on any atom is -0.323 e. The summed E-state index contributed by atoms with van der Waals surface area (Å²) in [5.74, 6) is 5.05. The van der Waals surface area contributed by atoms with Gasteiger partial charge in [0, 0.05) is 9.92 Å². The Morgan fingerprint density at radius 1 is 1.36 bits per heavy atom. The van der Waals surface area contributed by atoms with Crippen LogP contribution in [0, 0.1) is 0 Å². The molecule has 78 valence electrons. The van der Waals surface area contributed by atoms with Gasteiger partial charge in [-0.1, -0.05) is 11.6 Å². The average Bonchev–Trinajstić information content (AvgIpc) is 2.01. The summed E-state index contributed by atoms with van der Waals surface area (Å²) in [6.07, 6.45) is 0. The summed E-state index contributed by atoms with van der Waals surface area (Å²) in [6, 6.07) is 4.04. The molecule has 0 aromatic heterocycles. The number of hydrogen-bond acceptors (Lipinski definition) is 3. The van der Waals surface area contributed by atoms with Crippen LogP contribution in [-0.2, 0) is 0 Å². The Bertz CT molecular complexity index is 329. The van der Waals surface area contributed by atoms with Crippen LogP contribution in [0.25, 0.3) is 0 Å². The van der Waals surface area contributed by atoms with Crippen molar-refractivity contribution in [1.29, 1.82) is 0 Å². The van der Waals surface area contributed by atoms with Gasteiger partial charge in [0.2, 0.25) is 0 Å². The number of halogens is 4. The van der Waals surface area contributed by atoms with Gasteiger partial charge < -0.3 is 5.43 Å². The smallest absolute Gasteiger partial charge is 0.323 e. The molecule has 0 saturated heterocycles. The lowest BCUT2D eigenvalue weighted by atomic mass is 10.3. The number of benzene rings is 1. The van der Waals surface area contributed by atoms with Gasteiger partial charge in [-0.05, 0) is 30.0 Å². The van der Waals surface area contributed by atoms with Crippen LogP contribution in [0.15, 0.2) is 23.1 Å².